The van der Waals surface area contributed by atoms with Crippen molar-refractivity contribution < 1.29 is 9.64 Å². The molecule has 30 heavy (non-hydrogen) atoms. The topological polar surface area (TPSA) is 13.7 Å². The standard InChI is InChI=1S/C27H26ClNO/c1-19-13-15-21(16-14-19)27-26(28)23(17-18-29(2)3)25(20-9-5-4-6-10-20)22-11-7-8-12-24(22)30-27/h4-17,25H,18H2,1-3H3/p+1/t25-/m0/s1. The van der Waals surface area contributed by atoms with E-state index in [2.05, 4.69) is 87.8 Å². The van der Waals surface area contributed by atoms with Gasteiger partial charge in [-0.05, 0) is 30.2 Å². The highest BCUT2D eigenvalue weighted by atomic mass is 35.5. The van der Waals surface area contributed by atoms with E-state index < -0.39 is 0 Å². The lowest BCUT2D eigenvalue weighted by Gasteiger charge is -2.21. The van der Waals surface area contributed by atoms with Gasteiger partial charge in [0.25, 0.3) is 0 Å². The van der Waals surface area contributed by atoms with Crippen LogP contribution in [0.4, 0.5) is 0 Å². The van der Waals surface area contributed by atoms with Crippen LogP contribution in [-0.2, 0) is 0 Å². The average molecular weight is 417 g/mol. The van der Waals surface area contributed by atoms with Gasteiger partial charge in [0.1, 0.15) is 5.75 Å². The molecule has 3 heteroatoms. The lowest BCUT2D eigenvalue weighted by Crippen LogP contribution is -3.05. The van der Waals surface area contributed by atoms with Crippen molar-refractivity contribution in [3.8, 4) is 5.75 Å². The smallest absolute Gasteiger partial charge is 0.153 e. The molecular weight excluding hydrogens is 390 g/mol. The minimum Gasteiger partial charge on any atom is -0.455 e. The molecule has 0 saturated heterocycles. The Morgan fingerprint density at radius 1 is 0.900 bits per heavy atom. The number of nitrogens with one attached hydrogen (secondary N) is 1. The van der Waals surface area contributed by atoms with Crippen LogP contribution in [0.3, 0.4) is 0 Å². The van der Waals surface area contributed by atoms with Crippen LogP contribution >= 0.6 is 11.6 Å². The molecule has 0 unspecified atom stereocenters. The maximum Gasteiger partial charge on any atom is 0.153 e. The van der Waals surface area contributed by atoms with Gasteiger partial charge in [0.2, 0.25) is 0 Å². The quantitative estimate of drug-likeness (QED) is 0.617. The maximum atomic E-state index is 7.12. The maximum absolute atomic E-state index is 7.12. The highest BCUT2D eigenvalue weighted by Crippen LogP contribution is 2.47. The molecule has 1 aliphatic rings. The molecule has 0 fully saturated rings. The number of rotatable bonds is 4. The Morgan fingerprint density at radius 3 is 2.27 bits per heavy atom. The van der Waals surface area contributed by atoms with E-state index in [4.69, 9.17) is 16.3 Å². The van der Waals surface area contributed by atoms with Crippen LogP contribution in [0.1, 0.15) is 28.2 Å². The van der Waals surface area contributed by atoms with Crippen LogP contribution in [0, 0.1) is 6.92 Å². The zero-order chi connectivity index (χ0) is 21.1. The third-order valence-corrected chi connectivity index (χ3v) is 5.77. The highest BCUT2D eigenvalue weighted by Gasteiger charge is 2.30. The van der Waals surface area contributed by atoms with Crippen molar-refractivity contribution in [1.29, 1.82) is 0 Å². The molecule has 1 N–H and O–H groups in total. The van der Waals surface area contributed by atoms with Gasteiger partial charge in [0, 0.05) is 17.0 Å². The lowest BCUT2D eigenvalue weighted by molar-refractivity contribution is -0.851. The molecule has 2 nitrogen and oxygen atoms in total. The van der Waals surface area contributed by atoms with Gasteiger partial charge in [0.05, 0.1) is 25.7 Å². The molecule has 0 spiro atoms. The van der Waals surface area contributed by atoms with Crippen molar-refractivity contribution in [3.63, 3.8) is 0 Å². The first-order chi connectivity index (χ1) is 14.5. The SMILES string of the molecule is Cc1ccc(C2=C(Cl)C(=CC[NH+](C)C)[C@@H](c3ccccc3)c3ccccc3O2)cc1. The van der Waals surface area contributed by atoms with Crippen LogP contribution < -0.4 is 9.64 Å². The third-order valence-electron chi connectivity index (χ3n) is 5.38. The highest BCUT2D eigenvalue weighted by molar-refractivity contribution is 6.35. The summed E-state index contributed by atoms with van der Waals surface area (Å²) in [5.41, 5.74) is 5.61. The number of quaternary nitrogens is 1. The number of likely N-dealkylation sites (N-methyl/N-ethyl adjacent to an activating group) is 1. The Kier molecular flexibility index (Phi) is 6.08. The van der Waals surface area contributed by atoms with E-state index in [-0.39, 0.29) is 5.92 Å². The summed E-state index contributed by atoms with van der Waals surface area (Å²) in [7, 11) is 4.29. The fourth-order valence-electron chi connectivity index (χ4n) is 3.81. The number of ether oxygens (including phenoxy) is 1. The van der Waals surface area contributed by atoms with Gasteiger partial charge < -0.3 is 9.64 Å². The number of fused-ring (bicyclic) bond motifs is 1. The van der Waals surface area contributed by atoms with Crippen molar-refractivity contribution in [2.45, 2.75) is 12.8 Å². The predicted octanol–water partition coefficient (Wildman–Crippen LogP) is 5.20. The summed E-state index contributed by atoms with van der Waals surface area (Å²) < 4.78 is 6.48. The number of para-hydroxylation sites is 1. The zero-order valence-corrected chi connectivity index (χ0v) is 18.4. The van der Waals surface area contributed by atoms with Crippen LogP contribution in [-0.4, -0.2) is 20.6 Å². The second kappa shape index (κ2) is 8.91. The van der Waals surface area contributed by atoms with Crippen molar-refractivity contribution >= 4 is 17.4 Å². The Morgan fingerprint density at radius 2 is 1.57 bits per heavy atom. The molecule has 152 valence electrons. The average Bonchev–Trinajstić information content (AvgIpc) is 2.88. The van der Waals surface area contributed by atoms with Gasteiger partial charge in [0.15, 0.2) is 5.76 Å². The third kappa shape index (κ3) is 4.21. The summed E-state index contributed by atoms with van der Waals surface area (Å²) in [6.45, 7) is 2.96. The molecule has 1 heterocycles. The van der Waals surface area contributed by atoms with Crippen molar-refractivity contribution in [1.82, 2.24) is 0 Å². The van der Waals surface area contributed by atoms with E-state index in [0.29, 0.717) is 10.8 Å². The predicted molar refractivity (Wildman–Crippen MR) is 125 cm³/mol. The molecule has 0 radical (unpaired) electrons. The van der Waals surface area contributed by atoms with Gasteiger partial charge >= 0.3 is 0 Å². The number of aryl methyl sites for hydroxylation is 1. The summed E-state index contributed by atoms with van der Waals surface area (Å²) >= 11 is 7.12. The van der Waals surface area contributed by atoms with Crippen molar-refractivity contribution in [2.75, 3.05) is 20.6 Å². The molecule has 3 aromatic carbocycles. The monoisotopic (exact) mass is 416 g/mol. The Labute approximate surface area is 184 Å². The Balaban J connectivity index is 1.97. The summed E-state index contributed by atoms with van der Waals surface area (Å²) in [6.07, 6.45) is 2.26. The van der Waals surface area contributed by atoms with Crippen LogP contribution in [0.25, 0.3) is 5.76 Å². The van der Waals surface area contributed by atoms with E-state index in [0.717, 1.165) is 29.0 Å². The van der Waals surface area contributed by atoms with E-state index in [1.54, 1.807) is 0 Å². The minimum atomic E-state index is 0.0113. The molecule has 0 bridgehead atoms. The Hall–Kier alpha value is -2.81. The molecule has 0 amide bonds. The summed E-state index contributed by atoms with van der Waals surface area (Å²) in [5, 5.41) is 0.671. The molecule has 4 rings (SSSR count). The first-order valence-electron chi connectivity index (χ1n) is 10.3. The molecule has 3 aromatic rings. The van der Waals surface area contributed by atoms with Crippen molar-refractivity contribution in [3.05, 3.63) is 118 Å². The van der Waals surface area contributed by atoms with Gasteiger partial charge in [-0.15, -0.1) is 0 Å². The molecule has 1 aliphatic heterocycles. The molecule has 0 aromatic heterocycles. The van der Waals surface area contributed by atoms with E-state index in [9.17, 15) is 0 Å². The van der Waals surface area contributed by atoms with Gasteiger partial charge in [-0.1, -0.05) is 90.0 Å². The number of allylic oxidation sites excluding steroid dienone is 2. The van der Waals surface area contributed by atoms with E-state index >= 15 is 0 Å². The van der Waals surface area contributed by atoms with Gasteiger partial charge in [-0.25, -0.2) is 0 Å². The largest absolute Gasteiger partial charge is 0.455 e. The second-order valence-electron chi connectivity index (χ2n) is 8.06. The second-order valence-corrected chi connectivity index (χ2v) is 8.44. The molecule has 1 atom stereocenters. The number of hydrogen-bond acceptors (Lipinski definition) is 1. The first-order valence-corrected chi connectivity index (χ1v) is 10.7. The van der Waals surface area contributed by atoms with Crippen molar-refractivity contribution in [2.24, 2.45) is 0 Å². The fourth-order valence-corrected chi connectivity index (χ4v) is 4.14. The van der Waals surface area contributed by atoms with Crippen LogP contribution in [0.2, 0.25) is 0 Å². The summed E-state index contributed by atoms with van der Waals surface area (Å²) in [5.74, 6) is 1.57. The lowest BCUT2D eigenvalue weighted by atomic mass is 9.84. The normalized spacial score (nSPS) is 17.6. The van der Waals surface area contributed by atoms with Gasteiger partial charge in [-0.2, -0.15) is 0 Å². The Bertz CT molecular complexity index is 1080. The fraction of sp³-hybridized carbons (Fsp3) is 0.185. The molecule has 0 aliphatic carbocycles. The van der Waals surface area contributed by atoms with Crippen LogP contribution in [0.5, 0.6) is 5.75 Å². The number of halogens is 1. The van der Waals surface area contributed by atoms with E-state index in [1.165, 1.54) is 16.0 Å². The van der Waals surface area contributed by atoms with Crippen LogP contribution in [0.15, 0.2) is 95.5 Å². The number of benzene rings is 3. The van der Waals surface area contributed by atoms with Gasteiger partial charge in [-0.3, -0.25) is 0 Å². The minimum absolute atomic E-state index is 0.0113. The summed E-state index contributed by atoms with van der Waals surface area (Å²) in [4.78, 5) is 1.34. The molecular formula is C27H27ClNO+. The first kappa shape index (κ1) is 20.5. The van der Waals surface area contributed by atoms with E-state index in [1.807, 2.05) is 18.2 Å². The molecule has 0 saturated carbocycles. The zero-order valence-electron chi connectivity index (χ0n) is 17.7. The number of hydrogen-bond donors (Lipinski definition) is 1. The summed E-state index contributed by atoms with van der Waals surface area (Å²) in [6, 6.07) is 27.1.